The van der Waals surface area contributed by atoms with Gasteiger partial charge in [0.1, 0.15) is 5.78 Å². The van der Waals surface area contributed by atoms with Gasteiger partial charge in [0.25, 0.3) is 0 Å². The first-order valence-electron chi connectivity index (χ1n) is 11.4. The lowest BCUT2D eigenvalue weighted by atomic mass is 9.64. The Bertz CT molecular complexity index is 619. The van der Waals surface area contributed by atoms with Gasteiger partial charge in [0.05, 0.1) is 0 Å². The van der Waals surface area contributed by atoms with Crippen molar-refractivity contribution in [3.8, 4) is 0 Å². The monoisotopic (exact) mass is 406 g/mol. The third-order valence-electron chi connectivity index (χ3n) is 8.90. The van der Waals surface area contributed by atoms with E-state index in [0.717, 1.165) is 77.6 Å². The summed E-state index contributed by atoms with van der Waals surface area (Å²) < 4.78 is 0. The van der Waals surface area contributed by atoms with Crippen molar-refractivity contribution in [3.05, 3.63) is 0 Å². The molecule has 0 aromatic rings. The molecular formula is C23H34O2S2. The van der Waals surface area contributed by atoms with Gasteiger partial charge >= 0.3 is 0 Å². The number of hydrogen-bond acceptors (Lipinski definition) is 4. The summed E-state index contributed by atoms with van der Waals surface area (Å²) in [6.07, 6.45) is 9.65. The van der Waals surface area contributed by atoms with Crippen molar-refractivity contribution < 1.29 is 9.59 Å². The number of carbonyl (C=O) groups is 2. The fourth-order valence-corrected chi connectivity index (χ4v) is 11.1. The van der Waals surface area contributed by atoms with Gasteiger partial charge in [0, 0.05) is 36.0 Å². The number of rotatable bonds is 7. The van der Waals surface area contributed by atoms with Gasteiger partial charge in [-0.2, -0.15) is 11.8 Å². The fourth-order valence-electron chi connectivity index (χ4n) is 8.46. The number of hydrogen-bond donors (Lipinski definition) is 0. The lowest BCUT2D eigenvalue weighted by Gasteiger charge is -2.43. The second-order valence-corrected chi connectivity index (χ2v) is 12.9. The van der Waals surface area contributed by atoms with Crippen LogP contribution in [0, 0.1) is 47.3 Å². The molecule has 27 heavy (non-hydrogen) atoms. The molecule has 0 aliphatic heterocycles. The molecule has 5 aliphatic rings. The predicted octanol–water partition coefficient (Wildman–Crippen LogP) is 5.44. The van der Waals surface area contributed by atoms with E-state index in [1.165, 1.54) is 32.1 Å². The third kappa shape index (κ3) is 3.16. The van der Waals surface area contributed by atoms with E-state index in [9.17, 15) is 9.59 Å². The molecule has 10 unspecified atom stereocenters. The maximum Gasteiger partial charge on any atom is 0.186 e. The smallest absolute Gasteiger partial charge is 0.186 e. The van der Waals surface area contributed by atoms with Crippen molar-refractivity contribution in [2.24, 2.45) is 47.3 Å². The quantitative estimate of drug-likeness (QED) is 0.527. The predicted molar refractivity (Wildman–Crippen MR) is 114 cm³/mol. The van der Waals surface area contributed by atoms with Crippen LogP contribution in [0.2, 0.25) is 0 Å². The van der Waals surface area contributed by atoms with Crippen LogP contribution in [-0.4, -0.2) is 27.2 Å². The van der Waals surface area contributed by atoms with Crippen molar-refractivity contribution in [2.45, 2.75) is 75.7 Å². The van der Waals surface area contributed by atoms with Gasteiger partial charge in [-0.05, 0) is 85.9 Å². The van der Waals surface area contributed by atoms with Gasteiger partial charge in [-0.3, -0.25) is 9.59 Å². The van der Waals surface area contributed by atoms with Crippen LogP contribution in [0.25, 0.3) is 0 Å². The number of fused-ring (bicyclic) bond motifs is 12. The molecule has 150 valence electrons. The van der Waals surface area contributed by atoms with Gasteiger partial charge in [-0.25, -0.2) is 0 Å². The van der Waals surface area contributed by atoms with Gasteiger partial charge in [-0.15, -0.1) is 0 Å². The topological polar surface area (TPSA) is 34.1 Å². The third-order valence-corrected chi connectivity index (χ3v) is 11.4. The Kier molecular flexibility index (Phi) is 5.20. The Balaban J connectivity index is 1.21. The first kappa shape index (κ1) is 19.0. The summed E-state index contributed by atoms with van der Waals surface area (Å²) in [5, 5.41) is 1.78. The first-order valence-corrected chi connectivity index (χ1v) is 13.3. The van der Waals surface area contributed by atoms with Crippen LogP contribution in [0.3, 0.4) is 0 Å². The van der Waals surface area contributed by atoms with Crippen molar-refractivity contribution in [2.75, 3.05) is 5.75 Å². The van der Waals surface area contributed by atoms with Crippen molar-refractivity contribution >= 4 is 34.4 Å². The van der Waals surface area contributed by atoms with Crippen LogP contribution < -0.4 is 0 Å². The standard InChI is InChI=1S/C23H34O2S2/c1-3-4-14(25)5-6-26-21-8-13-7-20(21)23-19-11-18(22(13)23)16-9-15(10-17(16)19)27-12(2)24/h13,15-23H,3-11H2,1-2H3. The van der Waals surface area contributed by atoms with Crippen LogP contribution in [0.1, 0.15) is 65.2 Å². The Hall–Kier alpha value is 0.0400. The van der Waals surface area contributed by atoms with Gasteiger partial charge in [0.15, 0.2) is 5.12 Å². The van der Waals surface area contributed by atoms with Crippen molar-refractivity contribution in [1.29, 1.82) is 0 Å². The Labute approximate surface area is 172 Å². The van der Waals surface area contributed by atoms with E-state index < -0.39 is 0 Å². The maximum atomic E-state index is 11.9. The second-order valence-electron chi connectivity index (χ2n) is 10.1. The van der Waals surface area contributed by atoms with Crippen LogP contribution in [0.4, 0.5) is 0 Å². The zero-order chi connectivity index (χ0) is 18.7. The molecule has 5 aliphatic carbocycles. The van der Waals surface area contributed by atoms with E-state index in [2.05, 4.69) is 18.7 Å². The van der Waals surface area contributed by atoms with Crippen molar-refractivity contribution in [3.63, 3.8) is 0 Å². The lowest BCUT2D eigenvalue weighted by Crippen LogP contribution is -2.39. The number of thioether (sulfide) groups is 2. The zero-order valence-corrected chi connectivity index (χ0v) is 18.4. The molecule has 5 rings (SSSR count). The molecule has 5 saturated carbocycles. The molecule has 0 aromatic heterocycles. The second kappa shape index (κ2) is 7.38. The first-order chi connectivity index (χ1) is 13.1. The lowest BCUT2D eigenvalue weighted by molar-refractivity contribution is -0.118. The SMILES string of the molecule is CCCC(=O)CCSC1CC2CC1C1C3CC(C4CC(SC(C)=O)CC43)C21. The summed E-state index contributed by atoms with van der Waals surface area (Å²) in [4.78, 5) is 23.4. The minimum absolute atomic E-state index is 0.321. The molecule has 10 atom stereocenters. The molecule has 0 saturated heterocycles. The fraction of sp³-hybridized carbons (Fsp3) is 0.913. The average Bonchev–Trinajstić information content (AvgIpc) is 3.36. The van der Waals surface area contributed by atoms with Gasteiger partial charge < -0.3 is 0 Å². The van der Waals surface area contributed by atoms with E-state index >= 15 is 0 Å². The van der Waals surface area contributed by atoms with Crippen molar-refractivity contribution in [1.82, 2.24) is 0 Å². The molecule has 5 fully saturated rings. The normalized spacial score (nSPS) is 48.8. The number of Topliss-reactive ketones (excluding diaryl/α,β-unsaturated/α-hetero) is 1. The largest absolute Gasteiger partial charge is 0.300 e. The molecule has 0 spiro atoms. The van der Waals surface area contributed by atoms with E-state index in [-0.39, 0.29) is 0 Å². The molecule has 4 bridgehead atoms. The maximum absolute atomic E-state index is 11.9. The van der Waals surface area contributed by atoms with Crippen LogP contribution in [-0.2, 0) is 9.59 Å². The van der Waals surface area contributed by atoms with E-state index in [4.69, 9.17) is 0 Å². The summed E-state index contributed by atoms with van der Waals surface area (Å²) in [5.41, 5.74) is 0. The number of ketones is 1. The molecule has 4 heteroatoms. The summed E-state index contributed by atoms with van der Waals surface area (Å²) in [6, 6.07) is 0. The molecule has 0 N–H and O–H groups in total. The molecule has 0 radical (unpaired) electrons. The summed E-state index contributed by atoms with van der Waals surface area (Å²) >= 11 is 3.78. The zero-order valence-electron chi connectivity index (χ0n) is 16.8. The van der Waals surface area contributed by atoms with Crippen LogP contribution >= 0.6 is 23.5 Å². The van der Waals surface area contributed by atoms with Gasteiger partial charge in [-0.1, -0.05) is 18.7 Å². The summed E-state index contributed by atoms with van der Waals surface area (Å²) in [5.74, 6) is 9.34. The van der Waals surface area contributed by atoms with E-state index in [0.29, 0.717) is 16.1 Å². The summed E-state index contributed by atoms with van der Waals surface area (Å²) in [6.45, 7) is 3.85. The van der Waals surface area contributed by atoms with Crippen LogP contribution in [0.15, 0.2) is 0 Å². The highest BCUT2D eigenvalue weighted by Gasteiger charge is 2.68. The average molecular weight is 407 g/mol. The molecule has 0 heterocycles. The van der Waals surface area contributed by atoms with E-state index in [1.54, 1.807) is 18.7 Å². The Morgan fingerprint density at radius 3 is 2.30 bits per heavy atom. The molecule has 2 nitrogen and oxygen atoms in total. The minimum Gasteiger partial charge on any atom is -0.300 e. The Morgan fingerprint density at radius 2 is 1.59 bits per heavy atom. The molecule has 0 aromatic carbocycles. The highest BCUT2D eigenvalue weighted by molar-refractivity contribution is 8.14. The van der Waals surface area contributed by atoms with Crippen LogP contribution in [0.5, 0.6) is 0 Å². The number of carbonyl (C=O) groups excluding carboxylic acids is 2. The minimum atomic E-state index is 0.321. The van der Waals surface area contributed by atoms with Gasteiger partial charge in [0.2, 0.25) is 0 Å². The molecule has 0 amide bonds. The highest BCUT2D eigenvalue weighted by atomic mass is 32.2. The summed E-state index contributed by atoms with van der Waals surface area (Å²) in [7, 11) is 0. The highest BCUT2D eigenvalue weighted by Crippen LogP contribution is 2.74. The molecular weight excluding hydrogens is 372 g/mol. The van der Waals surface area contributed by atoms with E-state index in [1.807, 2.05) is 0 Å². The Morgan fingerprint density at radius 1 is 0.852 bits per heavy atom.